The van der Waals surface area contributed by atoms with Gasteiger partial charge in [0.1, 0.15) is 5.82 Å². The van der Waals surface area contributed by atoms with Gasteiger partial charge in [-0.2, -0.15) is 13.2 Å². The monoisotopic (exact) mass is 469 g/mol. The fourth-order valence-electron chi connectivity index (χ4n) is 3.78. The Balaban J connectivity index is 1.62. The average molecular weight is 469 g/mol. The number of alkyl halides is 3. The van der Waals surface area contributed by atoms with Gasteiger partial charge in [0, 0.05) is 28.9 Å². The summed E-state index contributed by atoms with van der Waals surface area (Å²) in [6.45, 7) is 1.84. The van der Waals surface area contributed by atoms with Crippen molar-refractivity contribution in [3.63, 3.8) is 0 Å². The Bertz CT molecular complexity index is 1420. The van der Waals surface area contributed by atoms with Crippen LogP contribution in [0.15, 0.2) is 77.9 Å². The van der Waals surface area contributed by atoms with Gasteiger partial charge in [-0.3, -0.25) is 14.6 Å². The molecule has 0 aliphatic carbocycles. The van der Waals surface area contributed by atoms with Gasteiger partial charge in [0.25, 0.3) is 5.56 Å². The number of nitrogens with one attached hydrogen (secondary N) is 1. The number of carbonyl (C=O) groups is 1. The van der Waals surface area contributed by atoms with Crippen molar-refractivity contribution in [2.45, 2.75) is 25.6 Å². The molecule has 1 atom stereocenters. The van der Waals surface area contributed by atoms with E-state index in [4.69, 9.17) is 0 Å². The highest BCUT2D eigenvalue weighted by Gasteiger charge is 2.35. The normalized spacial score (nSPS) is 12.5. The van der Waals surface area contributed by atoms with Crippen LogP contribution in [0.5, 0.6) is 0 Å². The molecule has 1 N–H and O–H groups in total. The Morgan fingerprint density at radius 1 is 1.03 bits per heavy atom. The van der Waals surface area contributed by atoms with Crippen molar-refractivity contribution in [3.8, 4) is 0 Å². The minimum Gasteiger partial charge on any atom is -0.325 e. The molecular weight excluding hydrogens is 450 g/mol. The Hall–Kier alpha value is -4.01. The molecule has 2 aromatic heterocycles. The number of benzene rings is 2. The first-order valence-corrected chi connectivity index (χ1v) is 10.4. The molecular formula is C25H19F4N3O2. The number of hydrogen-bond acceptors (Lipinski definition) is 3. The van der Waals surface area contributed by atoms with E-state index < -0.39 is 29.9 Å². The largest absolute Gasteiger partial charge is 0.419 e. The summed E-state index contributed by atoms with van der Waals surface area (Å²) in [6, 6.07) is 14.3. The molecule has 4 rings (SSSR count). The molecule has 0 bridgehead atoms. The van der Waals surface area contributed by atoms with Crippen LogP contribution in [0.2, 0.25) is 0 Å². The standard InChI is InChI=1S/C25H19F4N3O2/c1-15(20-9-2-3-12-30-20)32-13-11-17-18(24(32)34)7-5-10-21(17)31-22(33)14-16-6-4-8-19(23(16)26)25(27,28)29/h2-13,15H,14H2,1H3,(H,31,33). The SMILES string of the molecule is CC(c1ccccn1)n1ccc2c(NC(=O)Cc3cccc(C(F)(F)F)c3F)cccc2c1=O. The van der Waals surface area contributed by atoms with Gasteiger partial charge < -0.3 is 9.88 Å². The van der Waals surface area contributed by atoms with E-state index in [1.165, 1.54) is 4.57 Å². The van der Waals surface area contributed by atoms with Gasteiger partial charge >= 0.3 is 6.18 Å². The number of carbonyl (C=O) groups excluding carboxylic acids is 1. The third-order valence-corrected chi connectivity index (χ3v) is 5.52. The average Bonchev–Trinajstić information content (AvgIpc) is 2.80. The van der Waals surface area contributed by atoms with Crippen LogP contribution in [-0.4, -0.2) is 15.5 Å². The first-order valence-electron chi connectivity index (χ1n) is 10.4. The molecule has 9 heteroatoms. The molecule has 0 fully saturated rings. The molecule has 1 amide bonds. The van der Waals surface area contributed by atoms with Crippen molar-refractivity contribution in [3.05, 3.63) is 106 Å². The van der Waals surface area contributed by atoms with E-state index in [0.29, 0.717) is 28.2 Å². The van der Waals surface area contributed by atoms with Gasteiger partial charge in [0.05, 0.1) is 23.7 Å². The highest BCUT2D eigenvalue weighted by molar-refractivity contribution is 6.02. The summed E-state index contributed by atoms with van der Waals surface area (Å²) in [5.74, 6) is -2.19. The summed E-state index contributed by atoms with van der Waals surface area (Å²) in [5.41, 5.74) is -1.10. The number of anilines is 1. The van der Waals surface area contributed by atoms with E-state index in [0.717, 1.165) is 12.1 Å². The number of fused-ring (bicyclic) bond motifs is 1. The van der Waals surface area contributed by atoms with E-state index in [1.54, 1.807) is 42.7 Å². The van der Waals surface area contributed by atoms with Crippen LogP contribution >= 0.6 is 0 Å². The van der Waals surface area contributed by atoms with Crippen molar-refractivity contribution >= 4 is 22.4 Å². The topological polar surface area (TPSA) is 64.0 Å². The Labute approximate surface area is 191 Å². The lowest BCUT2D eigenvalue weighted by Crippen LogP contribution is -2.24. The number of pyridine rings is 2. The minimum atomic E-state index is -4.86. The van der Waals surface area contributed by atoms with Gasteiger partial charge in [0.2, 0.25) is 5.91 Å². The van der Waals surface area contributed by atoms with Crippen molar-refractivity contribution < 1.29 is 22.4 Å². The van der Waals surface area contributed by atoms with Crippen molar-refractivity contribution in [2.24, 2.45) is 0 Å². The maximum Gasteiger partial charge on any atom is 0.419 e. The van der Waals surface area contributed by atoms with E-state index >= 15 is 0 Å². The quantitative estimate of drug-likeness (QED) is 0.401. The lowest BCUT2D eigenvalue weighted by Gasteiger charge is -2.16. The van der Waals surface area contributed by atoms with E-state index in [9.17, 15) is 27.2 Å². The summed E-state index contributed by atoms with van der Waals surface area (Å²) in [4.78, 5) is 29.9. The number of amides is 1. The van der Waals surface area contributed by atoms with Crippen molar-refractivity contribution in [2.75, 3.05) is 5.32 Å². The van der Waals surface area contributed by atoms with Crippen LogP contribution in [0.25, 0.3) is 10.8 Å². The molecule has 2 aromatic carbocycles. The zero-order valence-electron chi connectivity index (χ0n) is 17.9. The van der Waals surface area contributed by atoms with E-state index in [1.807, 2.05) is 19.1 Å². The highest BCUT2D eigenvalue weighted by Crippen LogP contribution is 2.32. The van der Waals surface area contributed by atoms with Gasteiger partial charge in [0.15, 0.2) is 0 Å². The van der Waals surface area contributed by atoms with Gasteiger partial charge in [-0.1, -0.05) is 24.3 Å². The summed E-state index contributed by atoms with van der Waals surface area (Å²) in [5, 5.41) is 3.37. The van der Waals surface area contributed by atoms with Crippen LogP contribution in [0.4, 0.5) is 23.2 Å². The number of hydrogen-bond donors (Lipinski definition) is 1. The maximum atomic E-state index is 14.3. The number of halogens is 4. The molecule has 34 heavy (non-hydrogen) atoms. The van der Waals surface area contributed by atoms with Crippen LogP contribution in [0.1, 0.15) is 29.8 Å². The second kappa shape index (κ2) is 9.09. The van der Waals surface area contributed by atoms with Crippen LogP contribution in [0.3, 0.4) is 0 Å². The first-order chi connectivity index (χ1) is 16.2. The Kier molecular flexibility index (Phi) is 6.19. The molecule has 4 aromatic rings. The van der Waals surface area contributed by atoms with Crippen LogP contribution in [-0.2, 0) is 17.4 Å². The molecule has 0 aliphatic rings. The Morgan fingerprint density at radius 2 is 1.79 bits per heavy atom. The number of rotatable bonds is 5. The molecule has 5 nitrogen and oxygen atoms in total. The van der Waals surface area contributed by atoms with E-state index in [-0.39, 0.29) is 17.2 Å². The zero-order chi connectivity index (χ0) is 24.5. The fraction of sp³-hybridized carbons (Fsp3) is 0.160. The molecule has 0 saturated carbocycles. The second-order valence-corrected chi connectivity index (χ2v) is 7.73. The first kappa shape index (κ1) is 23.2. The zero-order valence-corrected chi connectivity index (χ0v) is 17.9. The molecule has 1 unspecified atom stereocenters. The second-order valence-electron chi connectivity index (χ2n) is 7.73. The summed E-state index contributed by atoms with van der Waals surface area (Å²) >= 11 is 0. The Morgan fingerprint density at radius 3 is 2.50 bits per heavy atom. The van der Waals surface area contributed by atoms with Gasteiger partial charge in [-0.25, -0.2) is 4.39 Å². The van der Waals surface area contributed by atoms with E-state index in [2.05, 4.69) is 10.3 Å². The third-order valence-electron chi connectivity index (χ3n) is 5.52. The third kappa shape index (κ3) is 4.54. The van der Waals surface area contributed by atoms with Gasteiger partial charge in [-0.15, -0.1) is 0 Å². The lowest BCUT2D eigenvalue weighted by atomic mass is 10.1. The van der Waals surface area contributed by atoms with Gasteiger partial charge in [-0.05, 0) is 48.9 Å². The number of aromatic nitrogens is 2. The summed E-state index contributed by atoms with van der Waals surface area (Å²) in [6.07, 6.45) is -2.23. The van der Waals surface area contributed by atoms with Crippen molar-refractivity contribution in [1.82, 2.24) is 9.55 Å². The summed E-state index contributed by atoms with van der Waals surface area (Å²) in [7, 11) is 0. The van der Waals surface area contributed by atoms with Crippen LogP contribution in [0, 0.1) is 5.82 Å². The summed E-state index contributed by atoms with van der Waals surface area (Å²) < 4.78 is 54.6. The molecule has 0 spiro atoms. The maximum absolute atomic E-state index is 14.3. The molecule has 0 radical (unpaired) electrons. The van der Waals surface area contributed by atoms with Crippen LogP contribution < -0.4 is 10.9 Å². The smallest absolute Gasteiger partial charge is 0.325 e. The minimum absolute atomic E-state index is 0.296. The predicted octanol–water partition coefficient (Wildman–Crippen LogP) is 5.34. The lowest BCUT2D eigenvalue weighted by molar-refractivity contribution is -0.140. The fourth-order valence-corrected chi connectivity index (χ4v) is 3.78. The molecule has 174 valence electrons. The predicted molar refractivity (Wildman–Crippen MR) is 120 cm³/mol. The highest BCUT2D eigenvalue weighted by atomic mass is 19.4. The van der Waals surface area contributed by atoms with Crippen molar-refractivity contribution in [1.29, 1.82) is 0 Å². The number of nitrogens with zero attached hydrogens (tertiary/aromatic N) is 2. The molecule has 2 heterocycles. The molecule has 0 saturated heterocycles. The molecule has 0 aliphatic heterocycles.